The van der Waals surface area contributed by atoms with Crippen molar-refractivity contribution in [1.29, 1.82) is 0 Å². The molecule has 0 saturated heterocycles. The molecule has 1 aromatic heterocycles. The van der Waals surface area contributed by atoms with E-state index in [1.54, 1.807) is 11.8 Å². The molecule has 0 atom stereocenters. The zero-order valence-corrected chi connectivity index (χ0v) is 11.1. The summed E-state index contributed by atoms with van der Waals surface area (Å²) in [4.78, 5) is 6.72. The van der Waals surface area contributed by atoms with E-state index in [0.717, 1.165) is 16.0 Å². The number of aliphatic hydroxyl groups is 1. The van der Waals surface area contributed by atoms with Crippen molar-refractivity contribution in [3.05, 3.63) is 66.4 Å². The quantitative estimate of drug-likeness (QED) is 0.781. The molecule has 3 aromatic rings. The fourth-order valence-electron chi connectivity index (χ4n) is 1.95. The molecule has 0 unspecified atom stereocenters. The number of hydrogen-bond acceptors (Lipinski definition) is 3. The average Bonchev–Trinajstić information content (AvgIpc) is 2.48. The second-order valence-corrected chi connectivity index (χ2v) is 5.35. The van der Waals surface area contributed by atoms with Gasteiger partial charge in [0.05, 0.1) is 12.1 Å². The van der Waals surface area contributed by atoms with Gasteiger partial charge in [-0.3, -0.25) is 4.98 Å². The highest BCUT2D eigenvalue weighted by molar-refractivity contribution is 7.99. The Hall–Kier alpha value is -1.84. The van der Waals surface area contributed by atoms with E-state index in [0.29, 0.717) is 0 Å². The molecule has 0 amide bonds. The van der Waals surface area contributed by atoms with Crippen LogP contribution >= 0.6 is 11.8 Å². The van der Waals surface area contributed by atoms with Crippen LogP contribution < -0.4 is 0 Å². The minimum Gasteiger partial charge on any atom is -0.392 e. The Morgan fingerprint density at radius 3 is 2.53 bits per heavy atom. The molecular weight excluding hydrogens is 254 g/mol. The van der Waals surface area contributed by atoms with Crippen molar-refractivity contribution in [2.45, 2.75) is 16.4 Å². The van der Waals surface area contributed by atoms with E-state index >= 15 is 0 Å². The lowest BCUT2D eigenvalue weighted by Gasteiger charge is -2.06. The Morgan fingerprint density at radius 1 is 0.947 bits per heavy atom. The molecule has 0 spiro atoms. The highest BCUT2D eigenvalue weighted by Gasteiger charge is 2.03. The van der Waals surface area contributed by atoms with Gasteiger partial charge in [0.2, 0.25) is 0 Å². The summed E-state index contributed by atoms with van der Waals surface area (Å²) >= 11 is 1.71. The van der Waals surface area contributed by atoms with E-state index in [2.05, 4.69) is 11.1 Å². The van der Waals surface area contributed by atoms with Gasteiger partial charge in [-0.25, -0.2) is 0 Å². The predicted molar refractivity (Wildman–Crippen MR) is 78.2 cm³/mol. The van der Waals surface area contributed by atoms with Gasteiger partial charge in [-0.15, -0.1) is 0 Å². The van der Waals surface area contributed by atoms with Crippen LogP contribution in [-0.2, 0) is 6.61 Å². The molecule has 94 valence electrons. The lowest BCUT2D eigenvalue weighted by molar-refractivity contribution is 0.282. The van der Waals surface area contributed by atoms with Crippen molar-refractivity contribution in [1.82, 2.24) is 4.98 Å². The van der Waals surface area contributed by atoms with Gasteiger partial charge in [-0.05, 0) is 29.8 Å². The third-order valence-electron chi connectivity index (χ3n) is 2.94. The molecule has 3 rings (SSSR count). The molecule has 0 aliphatic heterocycles. The number of para-hydroxylation sites is 1. The SMILES string of the molecule is OCc1ccc(Sc2ccnc3ccccc23)cc1. The van der Waals surface area contributed by atoms with Crippen LogP contribution in [0.3, 0.4) is 0 Å². The summed E-state index contributed by atoms with van der Waals surface area (Å²) in [5, 5.41) is 10.2. The van der Waals surface area contributed by atoms with E-state index in [1.807, 2.05) is 54.7 Å². The normalized spacial score (nSPS) is 10.8. The first-order chi connectivity index (χ1) is 9.36. The first kappa shape index (κ1) is 12.2. The molecule has 0 aliphatic rings. The van der Waals surface area contributed by atoms with Crippen LogP contribution in [0.5, 0.6) is 0 Å². The minimum absolute atomic E-state index is 0.0864. The topological polar surface area (TPSA) is 33.1 Å². The molecule has 0 aliphatic carbocycles. The average molecular weight is 267 g/mol. The van der Waals surface area contributed by atoms with Crippen molar-refractivity contribution in [2.24, 2.45) is 0 Å². The Kier molecular flexibility index (Phi) is 3.49. The fraction of sp³-hybridized carbons (Fsp3) is 0.0625. The van der Waals surface area contributed by atoms with E-state index < -0.39 is 0 Å². The second-order valence-electron chi connectivity index (χ2n) is 4.23. The van der Waals surface area contributed by atoms with Crippen molar-refractivity contribution in [2.75, 3.05) is 0 Å². The standard InChI is InChI=1S/C16H13NOS/c18-11-12-5-7-13(8-6-12)19-16-9-10-17-15-4-2-1-3-14(15)16/h1-10,18H,11H2. The van der Waals surface area contributed by atoms with Gasteiger partial charge in [-0.2, -0.15) is 0 Å². The number of pyridine rings is 1. The maximum atomic E-state index is 9.04. The summed E-state index contributed by atoms with van der Waals surface area (Å²) in [5.74, 6) is 0. The van der Waals surface area contributed by atoms with Gasteiger partial charge in [-0.1, -0.05) is 42.1 Å². The van der Waals surface area contributed by atoms with Gasteiger partial charge in [0, 0.05) is 21.4 Å². The van der Waals surface area contributed by atoms with Gasteiger partial charge in [0.25, 0.3) is 0 Å². The van der Waals surface area contributed by atoms with E-state index in [4.69, 9.17) is 5.11 Å². The zero-order valence-electron chi connectivity index (χ0n) is 10.3. The lowest BCUT2D eigenvalue weighted by Crippen LogP contribution is -1.83. The summed E-state index contributed by atoms with van der Waals surface area (Å²) in [6.07, 6.45) is 1.84. The first-order valence-electron chi connectivity index (χ1n) is 6.08. The Bertz CT molecular complexity index is 689. The molecule has 1 heterocycles. The van der Waals surface area contributed by atoms with Crippen LogP contribution in [0.15, 0.2) is 70.6 Å². The van der Waals surface area contributed by atoms with Crippen molar-refractivity contribution < 1.29 is 5.11 Å². The van der Waals surface area contributed by atoms with Gasteiger partial charge in [0.15, 0.2) is 0 Å². The third kappa shape index (κ3) is 2.62. The molecule has 1 N–H and O–H groups in total. The van der Waals surface area contributed by atoms with Gasteiger partial charge < -0.3 is 5.11 Å². The smallest absolute Gasteiger partial charge is 0.0713 e. The number of hydrogen-bond donors (Lipinski definition) is 1. The summed E-state index contributed by atoms with van der Waals surface area (Å²) in [6.45, 7) is 0.0864. The molecule has 0 fully saturated rings. The molecule has 2 nitrogen and oxygen atoms in total. The number of aliphatic hydroxyl groups excluding tert-OH is 1. The number of fused-ring (bicyclic) bond motifs is 1. The van der Waals surface area contributed by atoms with Crippen molar-refractivity contribution >= 4 is 22.7 Å². The van der Waals surface area contributed by atoms with Crippen molar-refractivity contribution in [3.63, 3.8) is 0 Å². The number of rotatable bonds is 3. The zero-order chi connectivity index (χ0) is 13.1. The maximum absolute atomic E-state index is 9.04. The van der Waals surface area contributed by atoms with Crippen LogP contribution in [0.1, 0.15) is 5.56 Å². The molecule has 0 bridgehead atoms. The van der Waals surface area contributed by atoms with Gasteiger partial charge in [0.1, 0.15) is 0 Å². The van der Waals surface area contributed by atoms with Crippen LogP contribution in [0.4, 0.5) is 0 Å². The number of benzene rings is 2. The Balaban J connectivity index is 1.96. The molecule has 0 saturated carbocycles. The molecule has 0 radical (unpaired) electrons. The first-order valence-corrected chi connectivity index (χ1v) is 6.90. The molecule has 2 aromatic carbocycles. The summed E-state index contributed by atoms with van der Waals surface area (Å²) < 4.78 is 0. The second kappa shape index (κ2) is 5.43. The maximum Gasteiger partial charge on any atom is 0.0713 e. The summed E-state index contributed by atoms with van der Waals surface area (Å²) in [5.41, 5.74) is 1.95. The van der Waals surface area contributed by atoms with E-state index in [9.17, 15) is 0 Å². The highest BCUT2D eigenvalue weighted by Crippen LogP contribution is 2.32. The Morgan fingerprint density at radius 2 is 1.74 bits per heavy atom. The van der Waals surface area contributed by atoms with Crippen LogP contribution in [-0.4, -0.2) is 10.1 Å². The fourth-order valence-corrected chi connectivity index (χ4v) is 2.89. The van der Waals surface area contributed by atoms with Crippen LogP contribution in [0.2, 0.25) is 0 Å². The van der Waals surface area contributed by atoms with E-state index in [1.165, 1.54) is 10.3 Å². The minimum atomic E-state index is 0.0864. The van der Waals surface area contributed by atoms with Gasteiger partial charge >= 0.3 is 0 Å². The number of nitrogens with zero attached hydrogens (tertiary/aromatic N) is 1. The summed E-state index contributed by atoms with van der Waals surface area (Å²) in [6, 6.07) is 18.1. The molecule has 3 heteroatoms. The summed E-state index contributed by atoms with van der Waals surface area (Å²) in [7, 11) is 0. The monoisotopic (exact) mass is 267 g/mol. The molecule has 19 heavy (non-hydrogen) atoms. The molecular formula is C16H13NOS. The largest absolute Gasteiger partial charge is 0.392 e. The highest BCUT2D eigenvalue weighted by atomic mass is 32.2. The predicted octanol–water partition coefficient (Wildman–Crippen LogP) is 3.88. The Labute approximate surface area is 116 Å². The lowest BCUT2D eigenvalue weighted by atomic mass is 10.2. The number of aromatic nitrogens is 1. The van der Waals surface area contributed by atoms with Crippen molar-refractivity contribution in [3.8, 4) is 0 Å². The van der Waals surface area contributed by atoms with Crippen LogP contribution in [0, 0.1) is 0 Å². The van der Waals surface area contributed by atoms with Crippen LogP contribution in [0.25, 0.3) is 10.9 Å². The third-order valence-corrected chi connectivity index (χ3v) is 4.03. The van der Waals surface area contributed by atoms with E-state index in [-0.39, 0.29) is 6.61 Å².